The summed E-state index contributed by atoms with van der Waals surface area (Å²) in [5.74, 6) is 1.53. The molecule has 0 aliphatic carbocycles. The number of thioether (sulfide) groups is 1. The molecular formula is C19H20N4O2S. The number of rotatable bonds is 8. The summed E-state index contributed by atoms with van der Waals surface area (Å²) in [4.78, 5) is 18.5. The average Bonchev–Trinajstić information content (AvgIpc) is 3.35. The number of nitrogens with zero attached hydrogens (tertiary/aromatic N) is 3. The number of benzene rings is 1. The highest BCUT2D eigenvalue weighted by Gasteiger charge is 2.13. The molecule has 1 amide bonds. The quantitative estimate of drug-likeness (QED) is 0.613. The first-order valence-corrected chi connectivity index (χ1v) is 9.33. The van der Waals surface area contributed by atoms with Crippen molar-refractivity contribution in [3.63, 3.8) is 0 Å². The van der Waals surface area contributed by atoms with Gasteiger partial charge in [0, 0.05) is 13.1 Å². The minimum Gasteiger partial charge on any atom is -0.461 e. The molecule has 0 bridgehead atoms. The van der Waals surface area contributed by atoms with Crippen molar-refractivity contribution in [1.29, 1.82) is 0 Å². The predicted octanol–water partition coefficient (Wildman–Crippen LogP) is 3.72. The second kappa shape index (κ2) is 9.05. The van der Waals surface area contributed by atoms with Crippen LogP contribution in [0.1, 0.15) is 12.5 Å². The maximum atomic E-state index is 12.4. The third-order valence-corrected chi connectivity index (χ3v) is 4.55. The van der Waals surface area contributed by atoms with E-state index in [-0.39, 0.29) is 5.91 Å². The Hall–Kier alpha value is -2.80. The summed E-state index contributed by atoms with van der Waals surface area (Å²) in [6, 6.07) is 13.6. The number of aromatic amines is 1. The molecule has 1 aromatic carbocycles. The van der Waals surface area contributed by atoms with E-state index < -0.39 is 0 Å². The summed E-state index contributed by atoms with van der Waals surface area (Å²) in [6.07, 6.45) is 5.60. The van der Waals surface area contributed by atoms with Crippen LogP contribution in [0.2, 0.25) is 0 Å². The first kappa shape index (κ1) is 18.0. The summed E-state index contributed by atoms with van der Waals surface area (Å²) >= 11 is 1.31. The van der Waals surface area contributed by atoms with Crippen LogP contribution in [0.3, 0.4) is 0 Å². The van der Waals surface area contributed by atoms with Crippen LogP contribution < -0.4 is 0 Å². The molecule has 0 aliphatic heterocycles. The van der Waals surface area contributed by atoms with Crippen LogP contribution in [0.5, 0.6) is 0 Å². The van der Waals surface area contributed by atoms with Gasteiger partial charge in [-0.05, 0) is 24.6 Å². The van der Waals surface area contributed by atoms with Crippen molar-refractivity contribution in [3.05, 3.63) is 60.4 Å². The Bertz CT molecular complexity index is 844. The Morgan fingerprint density at radius 1 is 1.27 bits per heavy atom. The van der Waals surface area contributed by atoms with E-state index in [1.807, 2.05) is 49.4 Å². The van der Waals surface area contributed by atoms with Crippen molar-refractivity contribution in [1.82, 2.24) is 20.1 Å². The van der Waals surface area contributed by atoms with Crippen LogP contribution in [0.15, 0.2) is 64.4 Å². The fraction of sp³-hybridized carbons (Fsp3) is 0.211. The lowest BCUT2D eigenvalue weighted by molar-refractivity contribution is -0.127. The van der Waals surface area contributed by atoms with Gasteiger partial charge in [-0.15, -0.1) is 5.10 Å². The molecular weight excluding hydrogens is 348 g/mol. The number of furan rings is 1. The lowest BCUT2D eigenvalue weighted by Crippen LogP contribution is -2.32. The molecule has 0 aliphatic rings. The van der Waals surface area contributed by atoms with Gasteiger partial charge in [0.1, 0.15) is 0 Å². The summed E-state index contributed by atoms with van der Waals surface area (Å²) in [7, 11) is 0. The maximum absolute atomic E-state index is 12.4. The number of likely N-dealkylation sites (N-methyl/N-ethyl adjacent to an activating group) is 1. The van der Waals surface area contributed by atoms with Gasteiger partial charge in [0.2, 0.25) is 11.1 Å². The lowest BCUT2D eigenvalue weighted by Gasteiger charge is -2.18. The number of nitrogens with one attached hydrogen (secondary N) is 1. The molecule has 1 N–H and O–H groups in total. The number of carbonyl (C=O) groups excluding carboxylic acids is 1. The number of amides is 1. The number of H-pyrrole nitrogens is 1. The second-order valence-corrected chi connectivity index (χ2v) is 6.42. The largest absolute Gasteiger partial charge is 0.461 e. The fourth-order valence-corrected chi connectivity index (χ4v) is 3.04. The van der Waals surface area contributed by atoms with E-state index in [0.717, 1.165) is 5.56 Å². The zero-order chi connectivity index (χ0) is 18.2. The minimum absolute atomic E-state index is 0.0551. The van der Waals surface area contributed by atoms with Crippen LogP contribution in [0, 0.1) is 0 Å². The van der Waals surface area contributed by atoms with E-state index in [4.69, 9.17) is 4.42 Å². The number of hydrogen-bond donors (Lipinski definition) is 1. The maximum Gasteiger partial charge on any atom is 0.233 e. The zero-order valence-corrected chi connectivity index (χ0v) is 15.3. The molecule has 2 aromatic heterocycles. The molecule has 134 valence electrons. The van der Waals surface area contributed by atoms with E-state index >= 15 is 0 Å². The van der Waals surface area contributed by atoms with Gasteiger partial charge in [-0.3, -0.25) is 9.89 Å². The monoisotopic (exact) mass is 368 g/mol. The number of carbonyl (C=O) groups is 1. The molecule has 3 aromatic rings. The topological polar surface area (TPSA) is 75.0 Å². The number of hydrogen-bond acceptors (Lipinski definition) is 5. The predicted molar refractivity (Wildman–Crippen MR) is 103 cm³/mol. The molecule has 0 saturated carbocycles. The van der Waals surface area contributed by atoms with Crippen LogP contribution in [0.4, 0.5) is 0 Å². The summed E-state index contributed by atoms with van der Waals surface area (Å²) in [5, 5.41) is 7.46. The van der Waals surface area contributed by atoms with E-state index in [2.05, 4.69) is 15.2 Å². The number of aromatic nitrogens is 3. The molecule has 0 radical (unpaired) electrons. The van der Waals surface area contributed by atoms with Gasteiger partial charge in [0.05, 0.1) is 12.0 Å². The third-order valence-electron chi connectivity index (χ3n) is 3.71. The molecule has 0 unspecified atom stereocenters. The second-order valence-electron chi connectivity index (χ2n) is 5.48. The SMILES string of the molecule is CCN(CC=Cc1ccccc1)C(=O)CSc1n[nH]c(-c2ccco2)n1. The highest BCUT2D eigenvalue weighted by Crippen LogP contribution is 2.19. The van der Waals surface area contributed by atoms with E-state index in [1.165, 1.54) is 11.8 Å². The zero-order valence-electron chi connectivity index (χ0n) is 14.5. The van der Waals surface area contributed by atoms with Crippen molar-refractivity contribution >= 4 is 23.7 Å². The standard InChI is InChI=1S/C19H20N4O2S/c1-2-23(12-6-10-15-8-4-3-5-9-15)17(24)14-26-19-20-18(21-22-19)16-11-7-13-25-16/h3-11,13H,2,12,14H2,1H3,(H,20,21,22). The molecule has 2 heterocycles. The van der Waals surface area contributed by atoms with Crippen molar-refractivity contribution in [2.75, 3.05) is 18.8 Å². The lowest BCUT2D eigenvalue weighted by atomic mass is 10.2. The first-order chi connectivity index (χ1) is 12.8. The Morgan fingerprint density at radius 3 is 2.85 bits per heavy atom. The van der Waals surface area contributed by atoms with Crippen LogP contribution in [0.25, 0.3) is 17.7 Å². The van der Waals surface area contributed by atoms with Crippen molar-refractivity contribution in [2.24, 2.45) is 0 Å². The summed E-state index contributed by atoms with van der Waals surface area (Å²) in [6.45, 7) is 3.21. The summed E-state index contributed by atoms with van der Waals surface area (Å²) < 4.78 is 5.27. The van der Waals surface area contributed by atoms with Crippen molar-refractivity contribution in [2.45, 2.75) is 12.1 Å². The third kappa shape index (κ3) is 4.86. The highest BCUT2D eigenvalue weighted by molar-refractivity contribution is 7.99. The smallest absolute Gasteiger partial charge is 0.233 e. The average molecular weight is 368 g/mol. The van der Waals surface area contributed by atoms with Gasteiger partial charge < -0.3 is 9.32 Å². The Morgan fingerprint density at radius 2 is 2.12 bits per heavy atom. The van der Waals surface area contributed by atoms with Crippen LogP contribution >= 0.6 is 11.8 Å². The first-order valence-electron chi connectivity index (χ1n) is 8.34. The van der Waals surface area contributed by atoms with Crippen molar-refractivity contribution < 1.29 is 9.21 Å². The minimum atomic E-state index is 0.0551. The van der Waals surface area contributed by atoms with E-state index in [9.17, 15) is 4.79 Å². The molecule has 6 nitrogen and oxygen atoms in total. The van der Waals surface area contributed by atoms with E-state index in [1.54, 1.807) is 23.3 Å². The van der Waals surface area contributed by atoms with Crippen molar-refractivity contribution in [3.8, 4) is 11.6 Å². The normalized spacial score (nSPS) is 11.1. The molecule has 26 heavy (non-hydrogen) atoms. The van der Waals surface area contributed by atoms with Crippen LogP contribution in [-0.4, -0.2) is 44.8 Å². The Balaban J connectivity index is 1.50. The molecule has 0 fully saturated rings. The molecule has 0 spiro atoms. The van der Waals surface area contributed by atoms with Gasteiger partial charge in [0.15, 0.2) is 11.6 Å². The van der Waals surface area contributed by atoms with Gasteiger partial charge in [-0.2, -0.15) is 4.98 Å². The van der Waals surface area contributed by atoms with E-state index in [0.29, 0.717) is 35.6 Å². The molecule has 0 atom stereocenters. The fourth-order valence-electron chi connectivity index (χ4n) is 2.34. The van der Waals surface area contributed by atoms with Gasteiger partial charge in [-0.25, -0.2) is 0 Å². The summed E-state index contributed by atoms with van der Waals surface area (Å²) in [5.41, 5.74) is 1.12. The highest BCUT2D eigenvalue weighted by atomic mass is 32.2. The van der Waals surface area contributed by atoms with Gasteiger partial charge in [-0.1, -0.05) is 54.2 Å². The van der Waals surface area contributed by atoms with Gasteiger partial charge in [0.25, 0.3) is 0 Å². The Labute approximate surface area is 156 Å². The molecule has 0 saturated heterocycles. The van der Waals surface area contributed by atoms with Crippen LogP contribution in [-0.2, 0) is 4.79 Å². The Kier molecular flexibility index (Phi) is 6.27. The molecule has 3 rings (SSSR count). The van der Waals surface area contributed by atoms with Gasteiger partial charge >= 0.3 is 0 Å². The molecule has 7 heteroatoms.